The van der Waals surface area contributed by atoms with Gasteiger partial charge in [0.15, 0.2) is 6.61 Å². The fourth-order valence-corrected chi connectivity index (χ4v) is 2.50. The highest BCUT2D eigenvalue weighted by Gasteiger charge is 2.13. The van der Waals surface area contributed by atoms with Gasteiger partial charge in [0.05, 0.1) is 10.8 Å². The van der Waals surface area contributed by atoms with Crippen molar-refractivity contribution in [3.63, 3.8) is 0 Å². The lowest BCUT2D eigenvalue weighted by Crippen LogP contribution is -2.37. The Morgan fingerprint density at radius 2 is 1.92 bits per heavy atom. The van der Waals surface area contributed by atoms with E-state index in [1.165, 1.54) is 12.1 Å². The number of ether oxygens (including phenoxy) is 1. The molecule has 0 saturated heterocycles. The van der Waals surface area contributed by atoms with Gasteiger partial charge in [-0.05, 0) is 25.5 Å². The van der Waals surface area contributed by atoms with E-state index in [0.717, 1.165) is 17.5 Å². The second kappa shape index (κ2) is 8.27. The Morgan fingerprint density at radius 3 is 2.60 bits per heavy atom. The molecular weight excluding hydrogens is 326 g/mol. The fourth-order valence-electron chi connectivity index (χ4n) is 2.50. The normalized spacial score (nSPS) is 11.9. The molecule has 0 aliphatic heterocycles. The molecule has 0 spiro atoms. The van der Waals surface area contributed by atoms with E-state index in [4.69, 9.17) is 4.74 Å². The lowest BCUT2D eigenvalue weighted by molar-refractivity contribution is -0.149. The summed E-state index contributed by atoms with van der Waals surface area (Å²) in [5.41, 5.74) is -0.984. The van der Waals surface area contributed by atoms with E-state index in [2.05, 4.69) is 10.4 Å². The zero-order valence-corrected chi connectivity index (χ0v) is 14.2. The maximum Gasteiger partial charge on any atom is 0.328 e. The van der Waals surface area contributed by atoms with Crippen LogP contribution in [0.1, 0.15) is 26.7 Å². The van der Waals surface area contributed by atoms with Gasteiger partial charge in [0.2, 0.25) is 0 Å². The molecule has 0 fully saturated rings. The zero-order chi connectivity index (χ0) is 18.4. The third-order valence-electron chi connectivity index (χ3n) is 3.66. The molecule has 0 radical (unpaired) electrons. The van der Waals surface area contributed by atoms with E-state index in [1.807, 2.05) is 13.8 Å². The van der Waals surface area contributed by atoms with Gasteiger partial charge < -0.3 is 10.1 Å². The molecule has 1 heterocycles. The lowest BCUT2D eigenvalue weighted by Gasteiger charge is -2.13. The first-order chi connectivity index (χ1) is 11.9. The predicted octanol–water partition coefficient (Wildman–Crippen LogP) is 0.538. The van der Waals surface area contributed by atoms with Crippen molar-refractivity contribution in [3.8, 4) is 0 Å². The number of rotatable bonds is 7. The Kier molecular flexibility index (Phi) is 6.10. The number of esters is 1. The third kappa shape index (κ3) is 4.79. The van der Waals surface area contributed by atoms with Crippen LogP contribution in [-0.2, 0) is 20.9 Å². The van der Waals surface area contributed by atoms with Crippen molar-refractivity contribution in [1.82, 2.24) is 15.1 Å². The number of amides is 1. The Morgan fingerprint density at radius 1 is 1.24 bits per heavy atom. The number of hydrogen-bond donors (Lipinski definition) is 2. The Balaban J connectivity index is 2.01. The van der Waals surface area contributed by atoms with Crippen LogP contribution >= 0.6 is 0 Å². The van der Waals surface area contributed by atoms with Gasteiger partial charge in [-0.25, -0.2) is 4.68 Å². The maximum absolute atomic E-state index is 12.3. The van der Waals surface area contributed by atoms with Crippen LogP contribution in [0.4, 0.5) is 0 Å². The summed E-state index contributed by atoms with van der Waals surface area (Å²) in [4.78, 5) is 47.7. The summed E-state index contributed by atoms with van der Waals surface area (Å²) in [7, 11) is 0. The van der Waals surface area contributed by atoms with Gasteiger partial charge in [-0.1, -0.05) is 25.5 Å². The van der Waals surface area contributed by atoms with Crippen LogP contribution in [0.25, 0.3) is 10.8 Å². The number of aromatic nitrogens is 2. The van der Waals surface area contributed by atoms with Crippen molar-refractivity contribution < 1.29 is 14.3 Å². The third-order valence-corrected chi connectivity index (χ3v) is 3.66. The molecule has 1 amide bonds. The molecule has 0 aliphatic carbocycles. The highest BCUT2D eigenvalue weighted by Crippen LogP contribution is 2.02. The summed E-state index contributed by atoms with van der Waals surface area (Å²) in [6.45, 7) is 2.96. The average molecular weight is 347 g/mol. The minimum Gasteiger partial charge on any atom is -0.454 e. The summed E-state index contributed by atoms with van der Waals surface area (Å²) in [6.07, 6.45) is 1.76. The number of nitrogens with zero attached hydrogens (tertiary/aromatic N) is 1. The molecule has 0 unspecified atom stereocenters. The van der Waals surface area contributed by atoms with E-state index >= 15 is 0 Å². The number of carbonyl (C=O) groups is 2. The van der Waals surface area contributed by atoms with Crippen LogP contribution in [0.3, 0.4) is 0 Å². The molecule has 0 bridgehead atoms. The van der Waals surface area contributed by atoms with Crippen molar-refractivity contribution in [2.45, 2.75) is 39.3 Å². The van der Waals surface area contributed by atoms with Gasteiger partial charge in [0, 0.05) is 6.04 Å². The topological polar surface area (TPSA) is 110 Å². The van der Waals surface area contributed by atoms with Crippen molar-refractivity contribution >= 4 is 22.6 Å². The average Bonchev–Trinajstić information content (AvgIpc) is 2.58. The van der Waals surface area contributed by atoms with Crippen molar-refractivity contribution in [3.05, 3.63) is 45.0 Å². The zero-order valence-electron chi connectivity index (χ0n) is 14.2. The number of hydrogen-bond acceptors (Lipinski definition) is 5. The van der Waals surface area contributed by atoms with Crippen LogP contribution in [0.15, 0.2) is 33.9 Å². The molecule has 1 atom stereocenters. The van der Waals surface area contributed by atoms with E-state index < -0.39 is 36.1 Å². The predicted molar refractivity (Wildman–Crippen MR) is 92.3 cm³/mol. The Labute approximate surface area is 143 Å². The van der Waals surface area contributed by atoms with Gasteiger partial charge >= 0.3 is 5.97 Å². The van der Waals surface area contributed by atoms with Crippen molar-refractivity contribution in [2.75, 3.05) is 6.61 Å². The number of fused-ring (bicyclic) bond motifs is 1. The summed E-state index contributed by atoms with van der Waals surface area (Å²) in [6, 6.07) is 6.31. The van der Waals surface area contributed by atoms with E-state index in [-0.39, 0.29) is 16.8 Å². The molecule has 0 saturated carbocycles. The van der Waals surface area contributed by atoms with Crippen LogP contribution in [-0.4, -0.2) is 34.3 Å². The minimum atomic E-state index is -0.786. The van der Waals surface area contributed by atoms with Gasteiger partial charge in [-0.3, -0.25) is 24.3 Å². The van der Waals surface area contributed by atoms with Gasteiger partial charge in [0.1, 0.15) is 6.54 Å². The first-order valence-corrected chi connectivity index (χ1v) is 8.09. The highest BCUT2D eigenvalue weighted by molar-refractivity contribution is 5.81. The fraction of sp³-hybridized carbons (Fsp3) is 0.412. The Hall–Kier alpha value is -2.90. The number of benzene rings is 1. The smallest absolute Gasteiger partial charge is 0.328 e. The van der Waals surface area contributed by atoms with Crippen LogP contribution in [0.2, 0.25) is 0 Å². The standard InChI is InChI=1S/C17H21N3O5/c1-3-6-11(2)18-14(21)10-25-15(22)9-20-17(24)13-8-5-4-7-12(13)16(23)19-20/h4-5,7-8,11H,3,6,9-10H2,1-2H3,(H,18,21)(H,19,23)/t11-/m1/s1. The Bertz CT molecular complexity index is 884. The van der Waals surface area contributed by atoms with Crippen molar-refractivity contribution in [1.29, 1.82) is 0 Å². The van der Waals surface area contributed by atoms with E-state index in [1.54, 1.807) is 12.1 Å². The monoisotopic (exact) mass is 347 g/mol. The van der Waals surface area contributed by atoms with Crippen LogP contribution in [0.5, 0.6) is 0 Å². The molecule has 25 heavy (non-hydrogen) atoms. The molecule has 2 N–H and O–H groups in total. The molecule has 1 aromatic carbocycles. The van der Waals surface area contributed by atoms with Gasteiger partial charge in [-0.15, -0.1) is 0 Å². The molecule has 134 valence electrons. The first kappa shape index (κ1) is 18.4. The second-order valence-electron chi connectivity index (χ2n) is 5.80. The molecule has 2 aromatic rings. The second-order valence-corrected chi connectivity index (χ2v) is 5.80. The maximum atomic E-state index is 12.3. The summed E-state index contributed by atoms with van der Waals surface area (Å²) >= 11 is 0. The molecule has 1 aromatic heterocycles. The summed E-state index contributed by atoms with van der Waals surface area (Å²) < 4.78 is 5.74. The lowest BCUT2D eigenvalue weighted by atomic mass is 10.2. The molecule has 2 rings (SSSR count). The highest BCUT2D eigenvalue weighted by atomic mass is 16.5. The van der Waals surface area contributed by atoms with Crippen molar-refractivity contribution in [2.24, 2.45) is 0 Å². The molecule has 8 nitrogen and oxygen atoms in total. The SMILES string of the molecule is CCC[C@@H](C)NC(=O)COC(=O)Cn1[nH]c(=O)c2ccccc2c1=O. The van der Waals surface area contributed by atoms with E-state index in [9.17, 15) is 19.2 Å². The minimum absolute atomic E-state index is 0.00401. The van der Waals surface area contributed by atoms with Gasteiger partial charge in [-0.2, -0.15) is 0 Å². The quantitative estimate of drug-likeness (QED) is 0.710. The molecular formula is C17H21N3O5. The van der Waals surface area contributed by atoms with Gasteiger partial charge in [0.25, 0.3) is 17.0 Å². The molecule has 0 aliphatic rings. The number of aromatic amines is 1. The first-order valence-electron chi connectivity index (χ1n) is 8.09. The summed E-state index contributed by atoms with van der Waals surface area (Å²) in [5, 5.41) is 5.50. The number of carbonyl (C=O) groups excluding carboxylic acids is 2. The number of H-pyrrole nitrogens is 1. The number of nitrogens with one attached hydrogen (secondary N) is 2. The van der Waals surface area contributed by atoms with E-state index in [0.29, 0.717) is 0 Å². The summed E-state index contributed by atoms with van der Waals surface area (Å²) in [5.74, 6) is -1.19. The van der Waals surface area contributed by atoms with Crippen LogP contribution in [0, 0.1) is 0 Å². The van der Waals surface area contributed by atoms with Crippen LogP contribution < -0.4 is 16.4 Å². The largest absolute Gasteiger partial charge is 0.454 e. The molecule has 8 heteroatoms.